The van der Waals surface area contributed by atoms with Crippen molar-refractivity contribution in [2.45, 2.75) is 13.0 Å². The SMILES string of the molecule is COC(=O)c1cc(Cl)cn([C@@H](C)c2ccc(Cl)cc2)c1=O. The lowest BCUT2D eigenvalue weighted by molar-refractivity contribution is 0.0598. The molecule has 4 nitrogen and oxygen atoms in total. The third-order valence-corrected chi connectivity index (χ3v) is 3.64. The second-order valence-corrected chi connectivity index (χ2v) is 5.38. The molecule has 0 unspecified atom stereocenters. The Balaban J connectivity index is 2.53. The lowest BCUT2D eigenvalue weighted by Crippen LogP contribution is -2.29. The smallest absolute Gasteiger partial charge is 0.343 e. The van der Waals surface area contributed by atoms with Crippen molar-refractivity contribution in [2.75, 3.05) is 7.11 Å². The summed E-state index contributed by atoms with van der Waals surface area (Å²) in [5.74, 6) is -0.709. The van der Waals surface area contributed by atoms with Gasteiger partial charge >= 0.3 is 5.97 Å². The van der Waals surface area contributed by atoms with E-state index in [1.54, 1.807) is 12.1 Å². The summed E-state index contributed by atoms with van der Waals surface area (Å²) in [5.41, 5.74) is 0.332. The Morgan fingerprint density at radius 2 is 1.81 bits per heavy atom. The molecule has 0 saturated heterocycles. The van der Waals surface area contributed by atoms with E-state index in [9.17, 15) is 9.59 Å². The normalized spacial score (nSPS) is 12.0. The van der Waals surface area contributed by atoms with E-state index >= 15 is 0 Å². The number of pyridine rings is 1. The number of hydrogen-bond acceptors (Lipinski definition) is 3. The van der Waals surface area contributed by atoms with Crippen LogP contribution in [0.1, 0.15) is 28.9 Å². The van der Waals surface area contributed by atoms with Crippen LogP contribution in [0.3, 0.4) is 0 Å². The van der Waals surface area contributed by atoms with E-state index < -0.39 is 11.5 Å². The van der Waals surface area contributed by atoms with Gasteiger partial charge in [-0.3, -0.25) is 4.79 Å². The van der Waals surface area contributed by atoms with Crippen molar-refractivity contribution in [3.8, 4) is 0 Å². The van der Waals surface area contributed by atoms with Crippen LogP contribution in [-0.4, -0.2) is 17.6 Å². The molecule has 110 valence electrons. The third kappa shape index (κ3) is 3.28. The fourth-order valence-corrected chi connectivity index (χ4v) is 2.35. The molecule has 6 heteroatoms. The first-order valence-electron chi connectivity index (χ1n) is 6.19. The van der Waals surface area contributed by atoms with Crippen LogP contribution in [0.5, 0.6) is 0 Å². The van der Waals surface area contributed by atoms with Gasteiger partial charge in [-0.25, -0.2) is 4.79 Å². The predicted octanol–water partition coefficient (Wildman–Crippen LogP) is 3.55. The van der Waals surface area contributed by atoms with Gasteiger partial charge in [-0.05, 0) is 30.7 Å². The molecule has 0 fully saturated rings. The van der Waals surface area contributed by atoms with Crippen molar-refractivity contribution in [1.82, 2.24) is 4.57 Å². The Kier molecular flexibility index (Phi) is 4.70. The van der Waals surface area contributed by atoms with Crippen molar-refractivity contribution in [3.63, 3.8) is 0 Å². The number of halogens is 2. The topological polar surface area (TPSA) is 48.3 Å². The highest BCUT2D eigenvalue weighted by atomic mass is 35.5. The predicted molar refractivity (Wildman–Crippen MR) is 82.3 cm³/mol. The van der Waals surface area contributed by atoms with Crippen LogP contribution < -0.4 is 5.56 Å². The largest absolute Gasteiger partial charge is 0.465 e. The number of esters is 1. The molecule has 21 heavy (non-hydrogen) atoms. The van der Waals surface area contributed by atoms with Gasteiger partial charge < -0.3 is 9.30 Å². The molecule has 0 spiro atoms. The first-order valence-corrected chi connectivity index (χ1v) is 6.95. The van der Waals surface area contributed by atoms with E-state index in [-0.39, 0.29) is 16.6 Å². The van der Waals surface area contributed by atoms with Gasteiger partial charge in [-0.1, -0.05) is 35.3 Å². The number of hydrogen-bond donors (Lipinski definition) is 0. The van der Waals surface area contributed by atoms with Crippen LogP contribution in [0.15, 0.2) is 41.3 Å². The number of nitrogens with zero attached hydrogens (tertiary/aromatic N) is 1. The molecule has 0 radical (unpaired) electrons. The minimum absolute atomic E-state index is 0.0918. The van der Waals surface area contributed by atoms with E-state index in [1.165, 1.54) is 23.9 Å². The number of benzene rings is 1. The van der Waals surface area contributed by atoms with Gasteiger partial charge in [0.15, 0.2) is 0 Å². The first kappa shape index (κ1) is 15.6. The number of carbonyl (C=O) groups excluding carboxylic acids is 1. The van der Waals surface area contributed by atoms with Gasteiger partial charge in [0.25, 0.3) is 5.56 Å². The number of ether oxygens (including phenoxy) is 1. The first-order chi connectivity index (χ1) is 9.93. The number of methoxy groups -OCH3 is 1. The highest BCUT2D eigenvalue weighted by Crippen LogP contribution is 2.20. The van der Waals surface area contributed by atoms with Crippen molar-refractivity contribution in [1.29, 1.82) is 0 Å². The highest BCUT2D eigenvalue weighted by molar-refractivity contribution is 6.31. The number of aromatic nitrogens is 1. The van der Waals surface area contributed by atoms with E-state index in [0.717, 1.165) is 5.56 Å². The summed E-state index contributed by atoms with van der Waals surface area (Å²) < 4.78 is 6.00. The maximum atomic E-state index is 12.4. The molecule has 1 atom stereocenters. The zero-order valence-corrected chi connectivity index (χ0v) is 13.0. The van der Waals surface area contributed by atoms with Crippen LogP contribution >= 0.6 is 23.2 Å². The van der Waals surface area contributed by atoms with Crippen LogP contribution in [-0.2, 0) is 4.74 Å². The van der Waals surface area contributed by atoms with Crippen LogP contribution in [0.4, 0.5) is 0 Å². The average molecular weight is 326 g/mol. The lowest BCUT2D eigenvalue weighted by atomic mass is 10.1. The summed E-state index contributed by atoms with van der Waals surface area (Å²) in [7, 11) is 1.22. The lowest BCUT2D eigenvalue weighted by Gasteiger charge is -2.17. The molecular formula is C15H13Cl2NO3. The minimum Gasteiger partial charge on any atom is -0.465 e. The molecule has 0 bridgehead atoms. The number of carbonyl (C=O) groups is 1. The van der Waals surface area contributed by atoms with Gasteiger partial charge in [0.2, 0.25) is 0 Å². The van der Waals surface area contributed by atoms with Crippen LogP contribution in [0.2, 0.25) is 10.0 Å². The number of rotatable bonds is 3. The maximum Gasteiger partial charge on any atom is 0.343 e. The molecule has 0 aliphatic carbocycles. The molecule has 1 aromatic heterocycles. The van der Waals surface area contributed by atoms with Crippen molar-refractivity contribution < 1.29 is 9.53 Å². The molecule has 1 aromatic carbocycles. The molecular weight excluding hydrogens is 313 g/mol. The zero-order valence-electron chi connectivity index (χ0n) is 11.5. The van der Waals surface area contributed by atoms with E-state index in [1.807, 2.05) is 19.1 Å². The van der Waals surface area contributed by atoms with Crippen molar-refractivity contribution in [3.05, 3.63) is 68.1 Å². The van der Waals surface area contributed by atoms with Gasteiger partial charge in [0, 0.05) is 11.2 Å². The Labute approximate surface area is 131 Å². The highest BCUT2D eigenvalue weighted by Gasteiger charge is 2.18. The summed E-state index contributed by atoms with van der Waals surface area (Å²) in [6.45, 7) is 1.84. The fourth-order valence-electron chi connectivity index (χ4n) is 2.01. The fraction of sp³-hybridized carbons (Fsp3) is 0.200. The zero-order chi connectivity index (χ0) is 15.6. The molecule has 0 saturated carbocycles. The Bertz CT molecular complexity index is 723. The third-order valence-electron chi connectivity index (χ3n) is 3.18. The van der Waals surface area contributed by atoms with Crippen LogP contribution in [0, 0.1) is 0 Å². The second kappa shape index (κ2) is 6.33. The molecule has 0 aliphatic heterocycles. The molecule has 0 N–H and O–H groups in total. The molecule has 0 aliphatic rings. The average Bonchev–Trinajstić information content (AvgIpc) is 2.48. The summed E-state index contributed by atoms with van der Waals surface area (Å²) in [6, 6.07) is 8.13. The van der Waals surface area contributed by atoms with Crippen molar-refractivity contribution in [2.24, 2.45) is 0 Å². The van der Waals surface area contributed by atoms with Gasteiger partial charge in [-0.2, -0.15) is 0 Å². The monoisotopic (exact) mass is 325 g/mol. The van der Waals surface area contributed by atoms with Crippen LogP contribution in [0.25, 0.3) is 0 Å². The Hall–Kier alpha value is -1.78. The van der Waals surface area contributed by atoms with E-state index in [4.69, 9.17) is 23.2 Å². The molecule has 2 rings (SSSR count). The summed E-state index contributed by atoms with van der Waals surface area (Å²) in [4.78, 5) is 24.0. The Morgan fingerprint density at radius 1 is 1.19 bits per heavy atom. The summed E-state index contributed by atoms with van der Waals surface area (Å²) in [6.07, 6.45) is 1.50. The summed E-state index contributed by atoms with van der Waals surface area (Å²) in [5, 5.41) is 0.899. The molecule has 2 aromatic rings. The minimum atomic E-state index is -0.709. The molecule has 0 amide bonds. The van der Waals surface area contributed by atoms with Gasteiger partial charge in [0.05, 0.1) is 18.2 Å². The Morgan fingerprint density at radius 3 is 2.38 bits per heavy atom. The van der Waals surface area contributed by atoms with E-state index in [2.05, 4.69) is 4.74 Å². The van der Waals surface area contributed by atoms with Gasteiger partial charge in [-0.15, -0.1) is 0 Å². The summed E-state index contributed by atoms with van der Waals surface area (Å²) >= 11 is 11.8. The maximum absolute atomic E-state index is 12.4. The standard InChI is InChI=1S/C15H13Cl2NO3/c1-9(10-3-5-11(16)6-4-10)18-8-12(17)7-13(14(18)19)15(20)21-2/h3-9H,1-2H3/t9-/m0/s1. The van der Waals surface area contributed by atoms with Gasteiger partial charge in [0.1, 0.15) is 5.56 Å². The van der Waals surface area contributed by atoms with Crippen molar-refractivity contribution >= 4 is 29.2 Å². The quantitative estimate of drug-likeness (QED) is 0.811. The second-order valence-electron chi connectivity index (χ2n) is 4.50. The molecule has 1 heterocycles. The van der Waals surface area contributed by atoms with E-state index in [0.29, 0.717) is 5.02 Å².